The molecule has 0 amide bonds. The quantitative estimate of drug-likeness (QED) is 0.766. The summed E-state index contributed by atoms with van der Waals surface area (Å²) in [5.41, 5.74) is 1.18. The summed E-state index contributed by atoms with van der Waals surface area (Å²) in [6.45, 7) is 15.3. The van der Waals surface area contributed by atoms with Crippen LogP contribution in [0.4, 0.5) is 0 Å². The summed E-state index contributed by atoms with van der Waals surface area (Å²) in [5.74, 6) is 0.805. The maximum atomic E-state index is 11.6. The van der Waals surface area contributed by atoms with Gasteiger partial charge in [0.15, 0.2) is 5.82 Å². The first kappa shape index (κ1) is 23.5. The molecule has 7 nitrogen and oxygen atoms in total. The number of aromatic nitrogens is 3. The lowest BCUT2D eigenvalue weighted by Crippen LogP contribution is -2.27. The molecule has 0 aromatic carbocycles. The highest BCUT2D eigenvalue weighted by molar-refractivity contribution is 5.19. The van der Waals surface area contributed by atoms with Crippen molar-refractivity contribution in [2.24, 2.45) is 0 Å². The smallest absolute Gasteiger partial charge is 0.289 e. The third-order valence-corrected chi connectivity index (χ3v) is 4.46. The zero-order valence-corrected chi connectivity index (χ0v) is 18.1. The third-order valence-electron chi connectivity index (χ3n) is 4.46. The van der Waals surface area contributed by atoms with Gasteiger partial charge in [-0.05, 0) is 23.8 Å². The predicted molar refractivity (Wildman–Crippen MR) is 110 cm³/mol. The fraction of sp³-hybridized carbons (Fsp3) is 0.571. The van der Waals surface area contributed by atoms with Crippen molar-refractivity contribution < 1.29 is 10.4 Å². The van der Waals surface area contributed by atoms with Crippen LogP contribution in [-0.4, -0.2) is 24.9 Å². The van der Waals surface area contributed by atoms with E-state index in [-0.39, 0.29) is 34.8 Å². The van der Waals surface area contributed by atoms with Crippen molar-refractivity contribution in [2.75, 3.05) is 0 Å². The van der Waals surface area contributed by atoms with E-state index < -0.39 is 0 Å². The average Bonchev–Trinajstić information content (AvgIpc) is 2.58. The van der Waals surface area contributed by atoms with Gasteiger partial charge >= 0.3 is 0 Å². The first-order valence-electron chi connectivity index (χ1n) is 9.66. The monoisotopic (exact) mass is 391 g/mol. The van der Waals surface area contributed by atoms with Crippen LogP contribution < -0.4 is 11.1 Å². The predicted octanol–water partition coefficient (Wildman–Crippen LogP) is 4.06. The molecule has 2 aromatic heterocycles. The van der Waals surface area contributed by atoms with Crippen molar-refractivity contribution in [3.05, 3.63) is 61.7 Å². The maximum absolute atomic E-state index is 11.6. The Balaban J connectivity index is 0.000000280. The van der Waals surface area contributed by atoms with E-state index >= 15 is 0 Å². The van der Waals surface area contributed by atoms with Gasteiger partial charge in [0.1, 0.15) is 0 Å². The summed E-state index contributed by atoms with van der Waals surface area (Å²) in [5, 5.41) is 19.1. The molecule has 156 valence electrons. The van der Waals surface area contributed by atoms with E-state index in [1.807, 2.05) is 55.4 Å². The third kappa shape index (κ3) is 5.24. The van der Waals surface area contributed by atoms with Crippen molar-refractivity contribution in [3.63, 3.8) is 0 Å². The summed E-state index contributed by atoms with van der Waals surface area (Å²) in [4.78, 5) is 27.3. The molecule has 0 atom stereocenters. The lowest BCUT2D eigenvalue weighted by atomic mass is 10.0. The average molecular weight is 392 g/mol. The molecule has 7 heteroatoms. The minimum atomic E-state index is -0.362. The van der Waals surface area contributed by atoms with Crippen LogP contribution in [0.1, 0.15) is 102 Å². The topological polar surface area (TPSA) is 97.3 Å². The Morgan fingerprint density at radius 3 is 1.64 bits per heavy atom. The van der Waals surface area contributed by atoms with Crippen LogP contribution in [0.2, 0.25) is 0 Å². The highest BCUT2D eigenvalue weighted by Crippen LogP contribution is 2.15. The van der Waals surface area contributed by atoms with E-state index in [0.29, 0.717) is 27.4 Å². The van der Waals surface area contributed by atoms with E-state index in [1.54, 1.807) is 18.3 Å². The Bertz CT molecular complexity index is 833. The Labute approximate surface area is 166 Å². The number of hydrogen-bond acceptors (Lipinski definition) is 5. The van der Waals surface area contributed by atoms with Crippen molar-refractivity contribution in [3.8, 4) is 0 Å². The Hall–Kier alpha value is -2.57. The minimum absolute atomic E-state index is 0.0360. The van der Waals surface area contributed by atoms with Crippen molar-refractivity contribution >= 4 is 0 Å². The van der Waals surface area contributed by atoms with Gasteiger partial charge in [-0.3, -0.25) is 9.59 Å². The highest BCUT2D eigenvalue weighted by atomic mass is 16.5. The first-order chi connectivity index (χ1) is 12.9. The molecule has 0 aliphatic heterocycles. The molecule has 0 saturated carbocycles. The zero-order chi connectivity index (χ0) is 21.8. The molecular formula is C21H33N3O4. The summed E-state index contributed by atoms with van der Waals surface area (Å²) >= 11 is 0. The van der Waals surface area contributed by atoms with Crippen LogP contribution in [0.15, 0.2) is 27.9 Å². The van der Waals surface area contributed by atoms with Crippen LogP contribution in [0, 0.1) is 0 Å². The van der Waals surface area contributed by atoms with E-state index in [1.165, 1.54) is 0 Å². The molecule has 0 aliphatic rings. The van der Waals surface area contributed by atoms with Gasteiger partial charge in [-0.25, -0.2) is 4.98 Å². The maximum Gasteiger partial charge on any atom is 0.289 e. The van der Waals surface area contributed by atoms with Crippen LogP contribution in [0.3, 0.4) is 0 Å². The lowest BCUT2D eigenvalue weighted by molar-refractivity contribution is 0.155. The second kappa shape index (κ2) is 9.57. The molecule has 0 saturated heterocycles. The van der Waals surface area contributed by atoms with Crippen LogP contribution in [-0.2, 0) is 0 Å². The Morgan fingerprint density at radius 1 is 0.714 bits per heavy atom. The molecule has 0 bridgehead atoms. The first-order valence-corrected chi connectivity index (χ1v) is 9.66. The van der Waals surface area contributed by atoms with E-state index in [4.69, 9.17) is 0 Å². The summed E-state index contributed by atoms with van der Waals surface area (Å²) < 4.78 is 1.42. The molecule has 0 aliphatic carbocycles. The van der Waals surface area contributed by atoms with Crippen LogP contribution in [0.5, 0.6) is 0 Å². The lowest BCUT2D eigenvalue weighted by Gasteiger charge is -2.12. The second-order valence-electron chi connectivity index (χ2n) is 8.14. The van der Waals surface area contributed by atoms with Gasteiger partial charge in [0.05, 0.1) is 5.69 Å². The molecule has 2 aromatic rings. The standard InChI is InChI=1S/C11H17NO2.C10H16N2O2/c1-7(2)9-5-6-10(8(3)4)12(14)11(9)13;1-6(2)8-5-11-9(7(3)4)12(14)10(8)13/h5-8,14H,1-4H3;5-7,14H,1-4H3. The molecule has 0 fully saturated rings. The Kier molecular flexibility index (Phi) is 8.02. The number of rotatable bonds is 4. The number of pyridine rings is 1. The fourth-order valence-electron chi connectivity index (χ4n) is 2.69. The van der Waals surface area contributed by atoms with Crippen LogP contribution >= 0.6 is 0 Å². The zero-order valence-electron chi connectivity index (χ0n) is 18.1. The molecule has 28 heavy (non-hydrogen) atoms. The van der Waals surface area contributed by atoms with E-state index in [0.717, 1.165) is 4.73 Å². The van der Waals surface area contributed by atoms with Gasteiger partial charge in [-0.15, -0.1) is 4.73 Å². The summed E-state index contributed by atoms with van der Waals surface area (Å²) in [6.07, 6.45) is 1.55. The van der Waals surface area contributed by atoms with Gasteiger partial charge in [0.2, 0.25) is 0 Å². The molecule has 2 rings (SSSR count). The molecule has 0 radical (unpaired) electrons. The fourth-order valence-corrected chi connectivity index (χ4v) is 2.69. The van der Waals surface area contributed by atoms with E-state index in [2.05, 4.69) is 4.98 Å². The Morgan fingerprint density at radius 2 is 1.21 bits per heavy atom. The van der Waals surface area contributed by atoms with Gasteiger partial charge < -0.3 is 10.4 Å². The van der Waals surface area contributed by atoms with E-state index in [9.17, 15) is 20.0 Å². The van der Waals surface area contributed by atoms with Crippen LogP contribution in [0.25, 0.3) is 0 Å². The molecule has 2 heterocycles. The molecular weight excluding hydrogens is 358 g/mol. The number of hydrogen-bond donors (Lipinski definition) is 2. The van der Waals surface area contributed by atoms with Gasteiger partial charge in [-0.1, -0.05) is 61.5 Å². The SMILES string of the molecule is CC(C)c1ccc(C(C)C)n(O)c1=O.CC(C)c1cnc(C(C)C)n(O)c1=O. The minimum Gasteiger partial charge on any atom is -0.425 e. The normalized spacial score (nSPS) is 11.3. The number of nitrogens with zero attached hydrogens (tertiary/aromatic N) is 3. The summed E-state index contributed by atoms with van der Waals surface area (Å²) in [7, 11) is 0. The van der Waals surface area contributed by atoms with Gasteiger partial charge in [0.25, 0.3) is 11.1 Å². The van der Waals surface area contributed by atoms with Gasteiger partial charge in [0, 0.05) is 23.2 Å². The highest BCUT2D eigenvalue weighted by Gasteiger charge is 2.14. The largest absolute Gasteiger partial charge is 0.425 e. The van der Waals surface area contributed by atoms with Crippen molar-refractivity contribution in [1.82, 2.24) is 14.4 Å². The molecule has 2 N–H and O–H groups in total. The summed E-state index contributed by atoms with van der Waals surface area (Å²) in [6, 6.07) is 3.61. The second-order valence-corrected chi connectivity index (χ2v) is 8.14. The van der Waals surface area contributed by atoms with Gasteiger partial charge in [-0.2, -0.15) is 4.73 Å². The van der Waals surface area contributed by atoms with Crippen molar-refractivity contribution in [2.45, 2.75) is 79.1 Å². The molecule has 0 spiro atoms. The molecule has 0 unspecified atom stereocenters. The van der Waals surface area contributed by atoms with Crippen molar-refractivity contribution in [1.29, 1.82) is 0 Å².